The topological polar surface area (TPSA) is 25.8 Å². The quantitative estimate of drug-likeness (QED) is 0.165. The summed E-state index contributed by atoms with van der Waals surface area (Å²) in [5, 5.41) is 15.6. The molecule has 58 heavy (non-hydrogen) atoms. The molecule has 0 saturated heterocycles. The number of hydrogen-bond donors (Lipinski definition) is 0. The molecule has 11 aromatic carbocycles. The van der Waals surface area contributed by atoms with E-state index in [0.29, 0.717) is 0 Å². The van der Waals surface area contributed by atoms with E-state index >= 15 is 0 Å². The van der Waals surface area contributed by atoms with E-state index in [1.165, 1.54) is 81.3 Å². The highest BCUT2D eigenvalue weighted by Crippen LogP contribution is 2.45. The molecule has 0 radical (unpaired) electrons. The van der Waals surface area contributed by atoms with Crippen molar-refractivity contribution in [1.29, 1.82) is 0 Å². The van der Waals surface area contributed by atoms with E-state index in [0.717, 1.165) is 39.3 Å². The maximum absolute atomic E-state index is 5.18. The molecule has 0 saturated carbocycles. The zero-order chi connectivity index (χ0) is 38.2. The third kappa shape index (κ3) is 5.05. The lowest BCUT2D eigenvalue weighted by Gasteiger charge is -2.18. The minimum Gasteiger partial charge on any atom is -0.252 e. The molecule has 12 rings (SSSR count). The number of nitrogens with zero attached hydrogens (tertiary/aromatic N) is 2. The second kappa shape index (κ2) is 12.9. The second-order valence-electron chi connectivity index (χ2n) is 15.3. The predicted octanol–water partition coefficient (Wildman–Crippen LogP) is 15.2. The van der Waals surface area contributed by atoms with Crippen molar-refractivity contribution in [3.8, 4) is 56.0 Å². The van der Waals surface area contributed by atoms with Gasteiger partial charge in [-0.1, -0.05) is 194 Å². The van der Waals surface area contributed by atoms with Crippen LogP contribution in [0.5, 0.6) is 0 Å². The molecule has 1 aromatic heterocycles. The molecule has 0 aliphatic rings. The van der Waals surface area contributed by atoms with E-state index in [9.17, 15) is 0 Å². The van der Waals surface area contributed by atoms with Crippen LogP contribution >= 0.6 is 0 Å². The number of hydrogen-bond acceptors (Lipinski definition) is 2. The van der Waals surface area contributed by atoms with Crippen LogP contribution in [0.3, 0.4) is 0 Å². The number of benzene rings is 10. The first-order valence-corrected chi connectivity index (χ1v) is 19.9. The molecule has 0 aliphatic carbocycles. The van der Waals surface area contributed by atoms with Crippen molar-refractivity contribution in [3.63, 3.8) is 0 Å². The Labute approximate surface area is 335 Å². The molecule has 0 amide bonds. The number of fused-ring (bicyclic) bond motifs is 2. The summed E-state index contributed by atoms with van der Waals surface area (Å²) in [5.74, 6) is 0. The highest BCUT2D eigenvalue weighted by Gasteiger charge is 2.18. The summed E-state index contributed by atoms with van der Waals surface area (Å²) in [4.78, 5) is 10.1. The first-order chi connectivity index (χ1) is 28.8. The Morgan fingerprint density at radius 1 is 0.276 bits per heavy atom. The molecule has 1 heterocycles. The van der Waals surface area contributed by atoms with E-state index in [1.54, 1.807) is 0 Å². The van der Waals surface area contributed by atoms with Gasteiger partial charge < -0.3 is 0 Å². The highest BCUT2D eigenvalue weighted by molar-refractivity contribution is 6.37. The van der Waals surface area contributed by atoms with Gasteiger partial charge in [0.1, 0.15) is 0 Å². The van der Waals surface area contributed by atoms with Crippen LogP contribution in [0.1, 0.15) is 0 Å². The highest BCUT2D eigenvalue weighted by atomic mass is 14.8. The number of aromatic nitrogens is 2. The summed E-state index contributed by atoms with van der Waals surface area (Å²) in [7, 11) is 0. The SMILES string of the molecule is c1ccc(-c2ncc(-c3ccc(-c4ccc(-c5cc6cccc7c8cccc9ccc%10cccc(c%11cccc5c%11c67)c%10c98)cc4)cc3)nc2-c2ccccc2)cc1. The van der Waals surface area contributed by atoms with E-state index in [1.807, 2.05) is 42.6 Å². The van der Waals surface area contributed by atoms with Gasteiger partial charge >= 0.3 is 0 Å². The van der Waals surface area contributed by atoms with Crippen LogP contribution in [0.2, 0.25) is 0 Å². The van der Waals surface area contributed by atoms with Crippen molar-refractivity contribution in [2.24, 2.45) is 0 Å². The Hall–Kier alpha value is -7.68. The van der Waals surface area contributed by atoms with Gasteiger partial charge in [0.25, 0.3) is 0 Å². The zero-order valence-corrected chi connectivity index (χ0v) is 31.5. The molecule has 0 fully saturated rings. The van der Waals surface area contributed by atoms with Crippen molar-refractivity contribution in [1.82, 2.24) is 9.97 Å². The largest absolute Gasteiger partial charge is 0.252 e. The average Bonchev–Trinajstić information content (AvgIpc) is 3.30. The van der Waals surface area contributed by atoms with Gasteiger partial charge in [0.05, 0.1) is 23.3 Å². The first-order valence-electron chi connectivity index (χ1n) is 19.9. The lowest BCUT2D eigenvalue weighted by molar-refractivity contribution is 1.21. The van der Waals surface area contributed by atoms with Crippen molar-refractivity contribution in [2.45, 2.75) is 0 Å². The van der Waals surface area contributed by atoms with Crippen molar-refractivity contribution in [3.05, 3.63) is 206 Å². The van der Waals surface area contributed by atoms with Crippen molar-refractivity contribution >= 4 is 64.6 Å². The smallest absolute Gasteiger partial charge is 0.0972 e. The van der Waals surface area contributed by atoms with Gasteiger partial charge in [0.15, 0.2) is 0 Å². The summed E-state index contributed by atoms with van der Waals surface area (Å²) in [6, 6.07) is 72.6. The van der Waals surface area contributed by atoms with Crippen LogP contribution in [0.25, 0.3) is 121 Å². The summed E-state index contributed by atoms with van der Waals surface area (Å²) in [6.45, 7) is 0. The molecule has 0 N–H and O–H groups in total. The Morgan fingerprint density at radius 3 is 1.31 bits per heavy atom. The lowest BCUT2D eigenvalue weighted by Crippen LogP contribution is -1.96. The first kappa shape index (κ1) is 32.6. The fourth-order valence-electron chi connectivity index (χ4n) is 9.35. The summed E-state index contributed by atoms with van der Waals surface area (Å²) >= 11 is 0. The van der Waals surface area contributed by atoms with Gasteiger partial charge in [-0.3, -0.25) is 4.98 Å². The van der Waals surface area contributed by atoms with Crippen molar-refractivity contribution in [2.75, 3.05) is 0 Å². The van der Waals surface area contributed by atoms with Crippen LogP contribution in [0, 0.1) is 0 Å². The summed E-state index contributed by atoms with van der Waals surface area (Å²) in [5.41, 5.74) is 10.5. The number of rotatable bonds is 5. The average molecular weight is 735 g/mol. The third-order valence-corrected chi connectivity index (χ3v) is 12.0. The maximum Gasteiger partial charge on any atom is 0.0972 e. The van der Waals surface area contributed by atoms with Gasteiger partial charge in [-0.15, -0.1) is 0 Å². The van der Waals surface area contributed by atoms with Crippen LogP contribution in [0.4, 0.5) is 0 Å². The van der Waals surface area contributed by atoms with Crippen LogP contribution in [-0.2, 0) is 0 Å². The van der Waals surface area contributed by atoms with Crippen molar-refractivity contribution < 1.29 is 0 Å². The Balaban J connectivity index is 0.963. The lowest BCUT2D eigenvalue weighted by atomic mass is 9.85. The molecule has 0 spiro atoms. The zero-order valence-electron chi connectivity index (χ0n) is 31.5. The monoisotopic (exact) mass is 734 g/mol. The van der Waals surface area contributed by atoms with Gasteiger partial charge in [-0.05, 0) is 93.0 Å². The molecule has 12 aromatic rings. The minimum absolute atomic E-state index is 0.849. The standard InChI is InChI=1S/C56H34N2/c1-3-11-41(12-4-1)55-56(42-13-5-2-6-14-42)58-50(34-57-55)38-29-25-36(26-30-38)35-23-27-37(28-24-35)49-33-43-17-9-20-45-44-18-7-15-39-31-32-40-16-8-19-46(52(40)51(39)44)47-21-10-22-48(49)54(47)53(43)45/h1-34H. The molecule has 2 heteroatoms. The fourth-order valence-corrected chi connectivity index (χ4v) is 9.35. The van der Waals surface area contributed by atoms with Gasteiger partial charge in [-0.2, -0.15) is 0 Å². The Bertz CT molecular complexity index is 3520. The van der Waals surface area contributed by atoms with Crippen LogP contribution < -0.4 is 0 Å². The van der Waals surface area contributed by atoms with Gasteiger partial charge in [0.2, 0.25) is 0 Å². The molecule has 0 atom stereocenters. The van der Waals surface area contributed by atoms with Gasteiger partial charge in [-0.25, -0.2) is 4.98 Å². The van der Waals surface area contributed by atoms with Gasteiger partial charge in [0, 0.05) is 16.7 Å². The molecule has 0 aliphatic heterocycles. The minimum atomic E-state index is 0.849. The summed E-state index contributed by atoms with van der Waals surface area (Å²) < 4.78 is 0. The Kier molecular flexibility index (Phi) is 7.26. The maximum atomic E-state index is 5.18. The molecular formula is C56H34N2. The molecule has 268 valence electrons. The van der Waals surface area contributed by atoms with E-state index in [2.05, 4.69) is 164 Å². The molecule has 2 nitrogen and oxygen atoms in total. The van der Waals surface area contributed by atoms with Crippen LogP contribution in [-0.4, -0.2) is 9.97 Å². The van der Waals surface area contributed by atoms with E-state index in [-0.39, 0.29) is 0 Å². The van der Waals surface area contributed by atoms with E-state index in [4.69, 9.17) is 9.97 Å². The third-order valence-electron chi connectivity index (χ3n) is 12.0. The Morgan fingerprint density at radius 2 is 0.724 bits per heavy atom. The molecular weight excluding hydrogens is 701 g/mol. The fraction of sp³-hybridized carbons (Fsp3) is 0. The molecule has 0 bridgehead atoms. The summed E-state index contributed by atoms with van der Waals surface area (Å²) in [6.07, 6.45) is 1.89. The second-order valence-corrected chi connectivity index (χ2v) is 15.3. The molecule has 0 unspecified atom stereocenters. The normalized spacial score (nSPS) is 11.8. The van der Waals surface area contributed by atoms with Crippen LogP contribution in [0.15, 0.2) is 206 Å². The predicted molar refractivity (Wildman–Crippen MR) is 245 cm³/mol. The van der Waals surface area contributed by atoms with E-state index < -0.39 is 0 Å².